The molecule has 0 saturated carbocycles. The average molecular weight is 154 g/mol. The van der Waals surface area contributed by atoms with Gasteiger partial charge in [-0.3, -0.25) is 0 Å². The second-order valence-electron chi connectivity index (χ2n) is 0. The summed E-state index contributed by atoms with van der Waals surface area (Å²) in [5.41, 5.74) is 0. The molecule has 0 bridgehead atoms. The van der Waals surface area contributed by atoms with Crippen molar-refractivity contribution in [3.8, 4) is 0 Å². The summed E-state index contributed by atoms with van der Waals surface area (Å²) in [4.78, 5) is 0. The van der Waals surface area contributed by atoms with Crippen molar-refractivity contribution in [3.05, 3.63) is 0 Å². The van der Waals surface area contributed by atoms with Crippen LogP contribution in [0.1, 0.15) is 0 Å². The van der Waals surface area contributed by atoms with Crippen LogP contribution >= 0.6 is 0 Å². The summed E-state index contributed by atoms with van der Waals surface area (Å²) in [6.07, 6.45) is 0. The molecule has 0 aliphatic carbocycles. The van der Waals surface area contributed by atoms with Gasteiger partial charge in [0.15, 0.2) is 0 Å². The van der Waals surface area contributed by atoms with Gasteiger partial charge in [0.2, 0.25) is 0 Å². The van der Waals surface area contributed by atoms with E-state index in [2.05, 4.69) is 0 Å². The maximum atomic E-state index is 0. The second-order valence-corrected chi connectivity index (χ2v) is 0. The van der Waals surface area contributed by atoms with Crippen LogP contribution in [0.15, 0.2) is 0 Å². The van der Waals surface area contributed by atoms with Crippen LogP contribution in [0.5, 0.6) is 0 Å². The van der Waals surface area contributed by atoms with Crippen LogP contribution in [-0.4, -0.2) is 0 Å². The van der Waals surface area contributed by atoms with E-state index in [4.69, 9.17) is 0 Å². The Bertz CT molecular complexity index is 4.14. The van der Waals surface area contributed by atoms with Crippen molar-refractivity contribution in [1.82, 2.24) is 36.9 Å². The molecular weight excluding hydrogens is 136 g/mol. The Morgan fingerprint density at radius 2 is 0.286 bits per heavy atom. The van der Waals surface area contributed by atoms with E-state index in [0.717, 1.165) is 0 Å². The van der Waals surface area contributed by atoms with E-state index in [9.17, 15) is 0 Å². The molecule has 0 atom stereocenters. The zero-order valence-electron chi connectivity index (χ0n) is 4.65. The predicted molar refractivity (Wildman–Crippen MR) is 30.1 cm³/mol. The van der Waals surface area contributed by atoms with Gasteiger partial charge in [-0.2, -0.15) is 0 Å². The molecule has 0 fully saturated rings. The Morgan fingerprint density at radius 1 is 0.286 bits per heavy atom. The summed E-state index contributed by atoms with van der Waals surface area (Å²) in [7, 11) is 0. The monoisotopic (exact) mass is 154 g/mol. The third-order valence-corrected chi connectivity index (χ3v) is 0. The number of rotatable bonds is 0. The summed E-state index contributed by atoms with van der Waals surface area (Å²) < 4.78 is 0. The maximum Gasteiger partial charge on any atom is 3.00 e. The molecule has 0 amide bonds. The van der Waals surface area contributed by atoms with Gasteiger partial charge in [0.05, 0.1) is 0 Å². The van der Waals surface area contributed by atoms with E-state index in [-0.39, 0.29) is 54.3 Å². The predicted octanol–water partition coefficient (Wildman–Crippen LogP) is 0.969. The zero-order chi connectivity index (χ0) is 0. The van der Waals surface area contributed by atoms with Gasteiger partial charge in [-0.25, -0.2) is 0 Å². The molecule has 51 valence electrons. The van der Waals surface area contributed by atoms with E-state index in [1.165, 1.54) is 0 Å². The first-order valence-corrected chi connectivity index (χ1v) is 0. The minimum absolute atomic E-state index is 0. The molecule has 0 spiro atoms. The molecule has 0 saturated heterocycles. The standard InChI is InChI=1S/Cr.6H3N/h;6*1H3/q+3;;;;;;. The normalized spacial score (nSPS) is 0. The van der Waals surface area contributed by atoms with E-state index in [0.29, 0.717) is 0 Å². The van der Waals surface area contributed by atoms with Crippen LogP contribution in [0.25, 0.3) is 0 Å². The summed E-state index contributed by atoms with van der Waals surface area (Å²) >= 11 is 0. The smallest absolute Gasteiger partial charge is 0.344 e. The summed E-state index contributed by atoms with van der Waals surface area (Å²) in [5.74, 6) is 0. The molecule has 0 aromatic carbocycles. The van der Waals surface area contributed by atoms with Crippen LogP contribution in [0.3, 0.4) is 0 Å². The number of hydrogen-bond acceptors (Lipinski definition) is 6. The molecule has 0 aliphatic heterocycles. The Kier molecular flexibility index (Phi) is 994000. The SMILES string of the molecule is N.N.N.N.N.N.[Cr+3]. The van der Waals surface area contributed by atoms with Crippen LogP contribution in [0, 0.1) is 0 Å². The Hall–Kier alpha value is 0.292. The first-order chi connectivity index (χ1) is 0. The summed E-state index contributed by atoms with van der Waals surface area (Å²) in [5, 5.41) is 0. The Balaban J connectivity index is 0. The van der Waals surface area contributed by atoms with Crippen molar-refractivity contribution in [3.63, 3.8) is 0 Å². The Morgan fingerprint density at radius 3 is 0.286 bits per heavy atom. The molecular formula is H18CrN6+3. The topological polar surface area (TPSA) is 210 Å². The van der Waals surface area contributed by atoms with Gasteiger partial charge >= 0.3 is 17.4 Å². The van der Waals surface area contributed by atoms with Crippen molar-refractivity contribution in [1.29, 1.82) is 0 Å². The van der Waals surface area contributed by atoms with E-state index in [1.54, 1.807) is 0 Å². The first kappa shape index (κ1) is 3380. The van der Waals surface area contributed by atoms with Crippen molar-refractivity contribution in [2.75, 3.05) is 0 Å². The molecule has 0 unspecified atom stereocenters. The van der Waals surface area contributed by atoms with Crippen molar-refractivity contribution in [2.24, 2.45) is 0 Å². The van der Waals surface area contributed by atoms with Crippen LogP contribution in [0.2, 0.25) is 0 Å². The fourth-order valence-corrected chi connectivity index (χ4v) is 0. The molecule has 1 radical (unpaired) electrons. The van der Waals surface area contributed by atoms with Gasteiger partial charge < -0.3 is 36.9 Å². The Labute approximate surface area is 55.1 Å². The summed E-state index contributed by atoms with van der Waals surface area (Å²) in [6, 6.07) is 0. The zero-order valence-corrected chi connectivity index (χ0v) is 5.93. The van der Waals surface area contributed by atoms with Gasteiger partial charge in [-0.15, -0.1) is 0 Å². The van der Waals surface area contributed by atoms with Crippen molar-refractivity contribution in [2.45, 2.75) is 0 Å². The minimum atomic E-state index is 0. The molecule has 0 aliphatic rings. The fourth-order valence-electron chi connectivity index (χ4n) is 0. The first-order valence-electron chi connectivity index (χ1n) is 0. The van der Waals surface area contributed by atoms with E-state index in [1.807, 2.05) is 0 Å². The summed E-state index contributed by atoms with van der Waals surface area (Å²) in [6.45, 7) is 0. The van der Waals surface area contributed by atoms with Crippen LogP contribution in [0.4, 0.5) is 0 Å². The third-order valence-electron chi connectivity index (χ3n) is 0. The van der Waals surface area contributed by atoms with Crippen molar-refractivity contribution >= 4 is 0 Å². The quantitative estimate of drug-likeness (QED) is 0.298. The van der Waals surface area contributed by atoms with Crippen LogP contribution < -0.4 is 36.9 Å². The fraction of sp³-hybridized carbons (Fsp3) is 0. The van der Waals surface area contributed by atoms with Gasteiger partial charge in [-0.1, -0.05) is 0 Å². The molecule has 7 heavy (non-hydrogen) atoms. The minimum Gasteiger partial charge on any atom is -0.344 e. The average Bonchev–Trinajstić information content (AvgIpc) is 0. The van der Waals surface area contributed by atoms with E-state index < -0.39 is 0 Å². The molecule has 0 rings (SSSR count). The van der Waals surface area contributed by atoms with Crippen molar-refractivity contribution < 1.29 is 17.4 Å². The third kappa shape index (κ3) is 1360. The molecule has 7 heteroatoms. The molecule has 0 heterocycles. The number of hydrogen-bond donors (Lipinski definition) is 6. The van der Waals surface area contributed by atoms with Gasteiger partial charge in [0.25, 0.3) is 0 Å². The molecule has 6 nitrogen and oxygen atoms in total. The second kappa shape index (κ2) is 2060. The largest absolute Gasteiger partial charge is 3.00 e. The van der Waals surface area contributed by atoms with Gasteiger partial charge in [-0.05, 0) is 0 Å². The van der Waals surface area contributed by atoms with Gasteiger partial charge in [0, 0.05) is 0 Å². The van der Waals surface area contributed by atoms with E-state index >= 15 is 0 Å². The van der Waals surface area contributed by atoms with Crippen LogP contribution in [-0.2, 0) is 17.4 Å². The van der Waals surface area contributed by atoms with Gasteiger partial charge in [0.1, 0.15) is 0 Å². The molecule has 0 aromatic rings. The maximum absolute atomic E-state index is 0. The molecule has 18 N–H and O–H groups in total. The molecule has 0 aromatic heterocycles.